The number of aliphatic hydroxyl groups excluding tert-OH is 2. The first kappa shape index (κ1) is 8.93. The fourth-order valence-electron chi connectivity index (χ4n) is 1.59. The topological polar surface area (TPSA) is 80.9 Å². The molecule has 0 heterocycles. The van der Waals surface area contributed by atoms with Crippen LogP contribution in [0.1, 0.15) is 19.3 Å². The molecule has 0 radical (unpaired) electrons. The molecule has 4 heteroatoms. The average Bonchev–Trinajstić information content (AvgIpc) is 2.31. The van der Waals surface area contributed by atoms with E-state index in [-0.39, 0.29) is 0 Å². The Morgan fingerprint density at radius 1 is 0.909 bits per heavy atom. The van der Waals surface area contributed by atoms with Crippen LogP contribution in [0.15, 0.2) is 0 Å². The van der Waals surface area contributed by atoms with E-state index in [0.29, 0.717) is 19.3 Å². The molecule has 4 nitrogen and oxygen atoms in total. The maximum atomic E-state index is 9.56. The van der Waals surface area contributed by atoms with E-state index in [1.54, 1.807) is 0 Å². The fraction of sp³-hybridized carbons (Fsp3) is 1.00. The number of aliphatic hydroxyl groups is 4. The molecular formula is C7H14O4. The Balaban J connectivity index is 2.79. The fourth-order valence-corrected chi connectivity index (χ4v) is 1.59. The second-order valence-electron chi connectivity index (χ2n) is 3.23. The largest absolute Gasteiger partial charge is 0.393 e. The van der Waals surface area contributed by atoms with E-state index in [1.807, 2.05) is 0 Å². The molecule has 1 aliphatic rings. The van der Waals surface area contributed by atoms with Crippen LogP contribution in [0.4, 0.5) is 0 Å². The van der Waals surface area contributed by atoms with E-state index in [9.17, 15) is 10.2 Å². The monoisotopic (exact) mass is 162 g/mol. The van der Waals surface area contributed by atoms with Gasteiger partial charge in [0, 0.05) is 0 Å². The quantitative estimate of drug-likeness (QED) is 0.403. The normalized spacial score (nSPS) is 44.7. The van der Waals surface area contributed by atoms with E-state index >= 15 is 0 Å². The summed E-state index contributed by atoms with van der Waals surface area (Å²) in [5, 5.41) is 36.7. The molecule has 0 aromatic rings. The van der Waals surface area contributed by atoms with Crippen LogP contribution >= 0.6 is 0 Å². The van der Waals surface area contributed by atoms with Crippen LogP contribution < -0.4 is 0 Å². The Morgan fingerprint density at radius 3 is 1.55 bits per heavy atom. The zero-order chi connectivity index (χ0) is 8.54. The van der Waals surface area contributed by atoms with Gasteiger partial charge >= 0.3 is 0 Å². The van der Waals surface area contributed by atoms with Crippen molar-refractivity contribution in [1.29, 1.82) is 0 Å². The standard InChI is InChI=1S/C7H14O4/c8-4-6(10)2-1-3-7(6,11)5-9/h8-11H,1-5H2. The lowest BCUT2D eigenvalue weighted by Crippen LogP contribution is -2.54. The smallest absolute Gasteiger partial charge is 0.118 e. The lowest BCUT2D eigenvalue weighted by Gasteiger charge is -2.34. The van der Waals surface area contributed by atoms with E-state index in [2.05, 4.69) is 0 Å². The molecule has 0 aromatic heterocycles. The molecule has 0 amide bonds. The van der Waals surface area contributed by atoms with E-state index < -0.39 is 24.4 Å². The van der Waals surface area contributed by atoms with Gasteiger partial charge in [-0.3, -0.25) is 0 Å². The van der Waals surface area contributed by atoms with Crippen molar-refractivity contribution in [3.8, 4) is 0 Å². The van der Waals surface area contributed by atoms with Crippen LogP contribution in [-0.2, 0) is 0 Å². The van der Waals surface area contributed by atoms with Gasteiger partial charge in [0.1, 0.15) is 11.2 Å². The molecule has 0 aromatic carbocycles. The summed E-state index contributed by atoms with van der Waals surface area (Å²) >= 11 is 0. The second-order valence-corrected chi connectivity index (χ2v) is 3.23. The van der Waals surface area contributed by atoms with Crippen LogP contribution in [0.2, 0.25) is 0 Å². The van der Waals surface area contributed by atoms with Gasteiger partial charge in [0.2, 0.25) is 0 Å². The molecule has 66 valence electrons. The minimum Gasteiger partial charge on any atom is -0.393 e. The molecule has 0 bridgehead atoms. The molecule has 1 rings (SSSR count). The Kier molecular flexibility index (Phi) is 2.20. The molecule has 4 N–H and O–H groups in total. The van der Waals surface area contributed by atoms with Crippen molar-refractivity contribution in [2.24, 2.45) is 0 Å². The van der Waals surface area contributed by atoms with Gasteiger partial charge in [-0.1, -0.05) is 0 Å². The van der Waals surface area contributed by atoms with Gasteiger partial charge in [0.15, 0.2) is 0 Å². The van der Waals surface area contributed by atoms with E-state index in [4.69, 9.17) is 10.2 Å². The van der Waals surface area contributed by atoms with E-state index in [1.165, 1.54) is 0 Å². The number of hydrogen-bond acceptors (Lipinski definition) is 4. The third-order valence-electron chi connectivity index (χ3n) is 2.57. The Labute approximate surface area is 65.1 Å². The predicted octanol–water partition coefficient (Wildman–Crippen LogP) is -1.38. The van der Waals surface area contributed by atoms with Gasteiger partial charge in [-0.2, -0.15) is 0 Å². The van der Waals surface area contributed by atoms with Crippen molar-refractivity contribution in [2.75, 3.05) is 13.2 Å². The van der Waals surface area contributed by atoms with Crippen molar-refractivity contribution < 1.29 is 20.4 Å². The highest BCUT2D eigenvalue weighted by Crippen LogP contribution is 2.38. The molecule has 2 unspecified atom stereocenters. The summed E-state index contributed by atoms with van der Waals surface area (Å²) in [5.74, 6) is 0. The highest BCUT2D eigenvalue weighted by molar-refractivity contribution is 5.04. The third-order valence-corrected chi connectivity index (χ3v) is 2.57. The summed E-state index contributed by atoms with van der Waals surface area (Å²) in [6.45, 7) is -0.992. The van der Waals surface area contributed by atoms with Crippen LogP contribution in [0.3, 0.4) is 0 Å². The Bertz CT molecular complexity index is 133. The zero-order valence-electron chi connectivity index (χ0n) is 6.32. The third kappa shape index (κ3) is 1.16. The molecule has 0 saturated heterocycles. The Hall–Kier alpha value is -0.160. The van der Waals surface area contributed by atoms with Crippen molar-refractivity contribution in [2.45, 2.75) is 30.5 Å². The molecule has 0 aliphatic heterocycles. The summed E-state index contributed by atoms with van der Waals surface area (Å²) < 4.78 is 0. The Morgan fingerprint density at radius 2 is 1.27 bits per heavy atom. The van der Waals surface area contributed by atoms with Crippen LogP contribution in [0.5, 0.6) is 0 Å². The maximum Gasteiger partial charge on any atom is 0.118 e. The highest BCUT2D eigenvalue weighted by atomic mass is 16.4. The summed E-state index contributed by atoms with van der Waals surface area (Å²) in [6, 6.07) is 0. The van der Waals surface area contributed by atoms with Crippen LogP contribution in [-0.4, -0.2) is 44.8 Å². The van der Waals surface area contributed by atoms with Gasteiger partial charge in [-0.15, -0.1) is 0 Å². The second kappa shape index (κ2) is 2.71. The van der Waals surface area contributed by atoms with Crippen molar-refractivity contribution in [3.63, 3.8) is 0 Å². The molecular weight excluding hydrogens is 148 g/mol. The van der Waals surface area contributed by atoms with Gasteiger partial charge in [-0.25, -0.2) is 0 Å². The lowest BCUT2D eigenvalue weighted by molar-refractivity contribution is -0.169. The minimum atomic E-state index is -1.50. The minimum absolute atomic E-state index is 0.348. The van der Waals surface area contributed by atoms with Gasteiger partial charge in [-0.05, 0) is 19.3 Å². The highest BCUT2D eigenvalue weighted by Gasteiger charge is 2.52. The van der Waals surface area contributed by atoms with Crippen molar-refractivity contribution >= 4 is 0 Å². The molecule has 2 atom stereocenters. The number of hydrogen-bond donors (Lipinski definition) is 4. The van der Waals surface area contributed by atoms with Gasteiger partial charge in [0.05, 0.1) is 13.2 Å². The molecule has 1 aliphatic carbocycles. The SMILES string of the molecule is OCC1(O)CCCC1(O)CO. The molecule has 11 heavy (non-hydrogen) atoms. The molecule has 1 fully saturated rings. The summed E-state index contributed by atoms with van der Waals surface area (Å²) in [6.07, 6.45) is 1.33. The van der Waals surface area contributed by atoms with Gasteiger partial charge in [0.25, 0.3) is 0 Å². The summed E-state index contributed by atoms with van der Waals surface area (Å²) in [4.78, 5) is 0. The predicted molar refractivity (Wildman–Crippen MR) is 37.9 cm³/mol. The maximum absolute atomic E-state index is 9.56. The molecule has 1 saturated carbocycles. The number of rotatable bonds is 2. The average molecular weight is 162 g/mol. The summed E-state index contributed by atoms with van der Waals surface area (Å²) in [7, 11) is 0. The van der Waals surface area contributed by atoms with E-state index in [0.717, 1.165) is 0 Å². The first-order chi connectivity index (χ1) is 5.08. The van der Waals surface area contributed by atoms with Crippen LogP contribution in [0.25, 0.3) is 0 Å². The first-order valence-corrected chi connectivity index (χ1v) is 3.74. The zero-order valence-corrected chi connectivity index (χ0v) is 6.32. The summed E-state index contributed by atoms with van der Waals surface area (Å²) in [5.41, 5.74) is -3.00. The first-order valence-electron chi connectivity index (χ1n) is 3.74. The molecule has 0 spiro atoms. The van der Waals surface area contributed by atoms with Crippen molar-refractivity contribution in [1.82, 2.24) is 0 Å². The van der Waals surface area contributed by atoms with Gasteiger partial charge < -0.3 is 20.4 Å². The van der Waals surface area contributed by atoms with Crippen molar-refractivity contribution in [3.05, 3.63) is 0 Å². The van der Waals surface area contributed by atoms with Crippen LogP contribution in [0, 0.1) is 0 Å². The lowest BCUT2D eigenvalue weighted by atomic mass is 9.87.